The van der Waals surface area contributed by atoms with Crippen LogP contribution in [-0.2, 0) is 0 Å². The highest BCUT2D eigenvalue weighted by Gasteiger charge is 2.12. The van der Waals surface area contributed by atoms with Gasteiger partial charge >= 0.3 is 0 Å². The standard InChI is InChI=1S/C9H16N2OS/c1-7(2)11(4-5-12)9-10-8(3)6-13-9/h6-7,12H,4-5H2,1-3H3. The summed E-state index contributed by atoms with van der Waals surface area (Å²) in [5.74, 6) is 0. The Morgan fingerprint density at radius 3 is 2.69 bits per heavy atom. The van der Waals surface area contributed by atoms with Gasteiger partial charge in [-0.25, -0.2) is 4.98 Å². The molecule has 0 aliphatic rings. The lowest BCUT2D eigenvalue weighted by molar-refractivity contribution is 0.299. The van der Waals surface area contributed by atoms with Crippen molar-refractivity contribution in [3.8, 4) is 0 Å². The van der Waals surface area contributed by atoms with E-state index in [2.05, 4.69) is 23.7 Å². The number of aliphatic hydroxyl groups excluding tert-OH is 1. The monoisotopic (exact) mass is 200 g/mol. The average molecular weight is 200 g/mol. The maximum absolute atomic E-state index is 8.89. The van der Waals surface area contributed by atoms with Gasteiger partial charge in [-0.1, -0.05) is 0 Å². The van der Waals surface area contributed by atoms with E-state index in [4.69, 9.17) is 5.11 Å². The first kappa shape index (κ1) is 10.5. The zero-order valence-corrected chi connectivity index (χ0v) is 9.14. The molecule has 0 bridgehead atoms. The fourth-order valence-electron chi connectivity index (χ4n) is 1.16. The quantitative estimate of drug-likeness (QED) is 0.803. The Labute approximate surface area is 83.0 Å². The third-order valence-corrected chi connectivity index (χ3v) is 2.81. The number of hydrogen-bond acceptors (Lipinski definition) is 4. The molecule has 4 heteroatoms. The highest BCUT2D eigenvalue weighted by molar-refractivity contribution is 7.13. The second kappa shape index (κ2) is 4.58. The van der Waals surface area contributed by atoms with Crippen LogP contribution < -0.4 is 4.90 Å². The Morgan fingerprint density at radius 1 is 1.62 bits per heavy atom. The molecular formula is C9H16N2OS. The number of thiazole rings is 1. The Balaban J connectivity index is 2.75. The van der Waals surface area contributed by atoms with Gasteiger partial charge in [-0.2, -0.15) is 0 Å². The molecule has 0 amide bonds. The van der Waals surface area contributed by atoms with Crippen molar-refractivity contribution >= 4 is 16.5 Å². The molecule has 0 aromatic carbocycles. The molecule has 1 aromatic rings. The number of hydrogen-bond donors (Lipinski definition) is 1. The summed E-state index contributed by atoms with van der Waals surface area (Å²) in [6, 6.07) is 0.387. The molecule has 0 fully saturated rings. The summed E-state index contributed by atoms with van der Waals surface area (Å²) < 4.78 is 0. The summed E-state index contributed by atoms with van der Waals surface area (Å²) in [5, 5.41) is 11.9. The van der Waals surface area contributed by atoms with Gasteiger partial charge in [0, 0.05) is 18.0 Å². The zero-order chi connectivity index (χ0) is 9.84. The van der Waals surface area contributed by atoms with Crippen molar-refractivity contribution in [2.75, 3.05) is 18.1 Å². The predicted molar refractivity (Wildman–Crippen MR) is 56.4 cm³/mol. The lowest BCUT2D eigenvalue weighted by atomic mass is 10.3. The molecule has 13 heavy (non-hydrogen) atoms. The molecule has 1 N–H and O–H groups in total. The first-order valence-corrected chi connectivity index (χ1v) is 5.32. The molecule has 1 rings (SSSR count). The molecule has 1 heterocycles. The minimum absolute atomic E-state index is 0.177. The number of aliphatic hydroxyl groups is 1. The maximum atomic E-state index is 8.89. The zero-order valence-electron chi connectivity index (χ0n) is 8.32. The number of aryl methyl sites for hydroxylation is 1. The summed E-state index contributed by atoms with van der Waals surface area (Å²) in [5.41, 5.74) is 1.04. The molecule has 0 radical (unpaired) electrons. The SMILES string of the molecule is Cc1csc(N(CCO)C(C)C)n1. The smallest absolute Gasteiger partial charge is 0.185 e. The molecule has 74 valence electrons. The van der Waals surface area contributed by atoms with Crippen LogP contribution in [0, 0.1) is 6.92 Å². The van der Waals surface area contributed by atoms with Crippen LogP contribution in [0.5, 0.6) is 0 Å². The van der Waals surface area contributed by atoms with Crippen molar-refractivity contribution in [3.05, 3.63) is 11.1 Å². The molecule has 0 saturated carbocycles. The minimum atomic E-state index is 0.177. The van der Waals surface area contributed by atoms with Crippen molar-refractivity contribution in [2.45, 2.75) is 26.8 Å². The van der Waals surface area contributed by atoms with Gasteiger partial charge in [0.25, 0.3) is 0 Å². The normalized spacial score (nSPS) is 10.8. The van der Waals surface area contributed by atoms with Crippen molar-refractivity contribution in [3.63, 3.8) is 0 Å². The van der Waals surface area contributed by atoms with E-state index in [9.17, 15) is 0 Å². The van der Waals surface area contributed by atoms with Crippen molar-refractivity contribution < 1.29 is 5.11 Å². The van der Waals surface area contributed by atoms with E-state index in [0.29, 0.717) is 12.6 Å². The van der Waals surface area contributed by atoms with Gasteiger partial charge in [-0.15, -0.1) is 11.3 Å². The Kier molecular flexibility index (Phi) is 3.69. The first-order valence-electron chi connectivity index (χ1n) is 4.44. The number of rotatable bonds is 4. The molecule has 0 unspecified atom stereocenters. The van der Waals surface area contributed by atoms with E-state index in [1.807, 2.05) is 12.3 Å². The molecule has 3 nitrogen and oxygen atoms in total. The van der Waals surface area contributed by atoms with E-state index in [0.717, 1.165) is 10.8 Å². The number of anilines is 1. The van der Waals surface area contributed by atoms with Crippen LogP contribution in [0.4, 0.5) is 5.13 Å². The van der Waals surface area contributed by atoms with Gasteiger partial charge in [-0.3, -0.25) is 0 Å². The number of aromatic nitrogens is 1. The average Bonchev–Trinajstić information content (AvgIpc) is 2.46. The lowest BCUT2D eigenvalue weighted by Crippen LogP contribution is -2.33. The summed E-state index contributed by atoms with van der Waals surface area (Å²) in [6.07, 6.45) is 0. The van der Waals surface area contributed by atoms with E-state index < -0.39 is 0 Å². The minimum Gasteiger partial charge on any atom is -0.395 e. The van der Waals surface area contributed by atoms with Crippen LogP contribution in [0.2, 0.25) is 0 Å². The van der Waals surface area contributed by atoms with Gasteiger partial charge in [0.1, 0.15) is 0 Å². The Hall–Kier alpha value is -0.610. The summed E-state index contributed by atoms with van der Waals surface area (Å²) in [4.78, 5) is 6.49. The van der Waals surface area contributed by atoms with Crippen LogP contribution in [0.1, 0.15) is 19.5 Å². The van der Waals surface area contributed by atoms with Crippen molar-refractivity contribution in [2.24, 2.45) is 0 Å². The molecule has 0 spiro atoms. The number of nitrogens with zero attached hydrogens (tertiary/aromatic N) is 2. The van der Waals surface area contributed by atoms with E-state index >= 15 is 0 Å². The van der Waals surface area contributed by atoms with Gasteiger partial charge in [0.2, 0.25) is 0 Å². The van der Waals surface area contributed by atoms with Crippen LogP contribution >= 0.6 is 11.3 Å². The predicted octanol–water partition coefficient (Wildman–Crippen LogP) is 1.66. The molecule has 0 aliphatic heterocycles. The van der Waals surface area contributed by atoms with Gasteiger partial charge in [0.05, 0.1) is 12.3 Å². The van der Waals surface area contributed by atoms with Crippen LogP contribution in [-0.4, -0.2) is 29.3 Å². The van der Waals surface area contributed by atoms with Crippen LogP contribution in [0.25, 0.3) is 0 Å². The maximum Gasteiger partial charge on any atom is 0.185 e. The van der Waals surface area contributed by atoms with Gasteiger partial charge in [0.15, 0.2) is 5.13 Å². The third-order valence-electron chi connectivity index (χ3n) is 1.82. The summed E-state index contributed by atoms with van der Waals surface area (Å²) >= 11 is 1.63. The van der Waals surface area contributed by atoms with Crippen LogP contribution in [0.15, 0.2) is 5.38 Å². The molecular weight excluding hydrogens is 184 g/mol. The largest absolute Gasteiger partial charge is 0.395 e. The molecule has 0 saturated heterocycles. The fourth-order valence-corrected chi connectivity index (χ4v) is 2.12. The Morgan fingerprint density at radius 2 is 2.31 bits per heavy atom. The second-order valence-corrected chi connectivity index (χ2v) is 4.12. The second-order valence-electron chi connectivity index (χ2n) is 3.28. The summed E-state index contributed by atoms with van der Waals surface area (Å²) in [6.45, 7) is 7.03. The van der Waals surface area contributed by atoms with Gasteiger partial charge < -0.3 is 10.0 Å². The highest BCUT2D eigenvalue weighted by Crippen LogP contribution is 2.21. The van der Waals surface area contributed by atoms with E-state index in [1.165, 1.54) is 0 Å². The molecule has 0 aliphatic carbocycles. The molecule has 0 atom stereocenters. The van der Waals surface area contributed by atoms with Gasteiger partial charge in [-0.05, 0) is 20.8 Å². The topological polar surface area (TPSA) is 36.4 Å². The molecule has 1 aromatic heterocycles. The van der Waals surface area contributed by atoms with Crippen molar-refractivity contribution in [1.82, 2.24) is 4.98 Å². The van der Waals surface area contributed by atoms with E-state index in [1.54, 1.807) is 11.3 Å². The fraction of sp³-hybridized carbons (Fsp3) is 0.667. The lowest BCUT2D eigenvalue weighted by Gasteiger charge is -2.24. The third kappa shape index (κ3) is 2.67. The highest BCUT2D eigenvalue weighted by atomic mass is 32.1. The Bertz CT molecular complexity index is 260. The van der Waals surface area contributed by atoms with Crippen molar-refractivity contribution in [1.29, 1.82) is 0 Å². The first-order chi connectivity index (χ1) is 6.15. The van der Waals surface area contributed by atoms with E-state index in [-0.39, 0.29) is 6.61 Å². The summed E-state index contributed by atoms with van der Waals surface area (Å²) in [7, 11) is 0. The van der Waals surface area contributed by atoms with Crippen LogP contribution in [0.3, 0.4) is 0 Å².